The van der Waals surface area contributed by atoms with E-state index in [1.54, 1.807) is 7.11 Å². The van der Waals surface area contributed by atoms with Crippen LogP contribution in [0, 0.1) is 0 Å². The van der Waals surface area contributed by atoms with Gasteiger partial charge >= 0.3 is 0 Å². The SMILES string of the molecule is COCCn1cc(NCCNC(C)(C)C)cn1. The molecule has 1 heterocycles. The van der Waals surface area contributed by atoms with Crippen molar-refractivity contribution in [2.75, 3.05) is 32.1 Å². The largest absolute Gasteiger partial charge is 0.383 e. The summed E-state index contributed by atoms with van der Waals surface area (Å²) in [5, 5.41) is 11.0. The van der Waals surface area contributed by atoms with Crippen molar-refractivity contribution < 1.29 is 4.74 Å². The number of methoxy groups -OCH3 is 1. The van der Waals surface area contributed by atoms with E-state index in [2.05, 4.69) is 36.5 Å². The number of nitrogens with one attached hydrogen (secondary N) is 2. The zero-order valence-electron chi connectivity index (χ0n) is 11.3. The number of anilines is 1. The van der Waals surface area contributed by atoms with Gasteiger partial charge < -0.3 is 15.4 Å². The Bertz CT molecular complexity index is 317. The van der Waals surface area contributed by atoms with E-state index in [1.165, 1.54) is 0 Å². The zero-order valence-corrected chi connectivity index (χ0v) is 11.3. The molecule has 0 aliphatic carbocycles. The predicted molar refractivity (Wildman–Crippen MR) is 70.3 cm³/mol. The molecule has 0 radical (unpaired) electrons. The first-order valence-electron chi connectivity index (χ1n) is 6.01. The van der Waals surface area contributed by atoms with E-state index in [1.807, 2.05) is 17.1 Å². The summed E-state index contributed by atoms with van der Waals surface area (Å²) < 4.78 is 6.88. The van der Waals surface area contributed by atoms with Gasteiger partial charge in [-0.1, -0.05) is 0 Å². The monoisotopic (exact) mass is 240 g/mol. The normalized spacial score (nSPS) is 11.8. The van der Waals surface area contributed by atoms with Crippen molar-refractivity contribution in [3.8, 4) is 0 Å². The molecule has 0 bridgehead atoms. The maximum Gasteiger partial charge on any atom is 0.0726 e. The number of hydrogen-bond donors (Lipinski definition) is 2. The Morgan fingerprint density at radius 1 is 1.35 bits per heavy atom. The van der Waals surface area contributed by atoms with Gasteiger partial charge in [-0.15, -0.1) is 0 Å². The number of ether oxygens (including phenoxy) is 1. The van der Waals surface area contributed by atoms with Crippen molar-refractivity contribution in [3.63, 3.8) is 0 Å². The van der Waals surface area contributed by atoms with Crippen LogP contribution in [0.5, 0.6) is 0 Å². The summed E-state index contributed by atoms with van der Waals surface area (Å²) >= 11 is 0. The summed E-state index contributed by atoms with van der Waals surface area (Å²) in [5.41, 5.74) is 1.22. The van der Waals surface area contributed by atoms with Crippen LogP contribution in [0.4, 0.5) is 5.69 Å². The zero-order chi connectivity index (χ0) is 12.7. The molecule has 0 saturated heterocycles. The quantitative estimate of drug-likeness (QED) is 0.706. The van der Waals surface area contributed by atoms with Gasteiger partial charge in [-0.25, -0.2) is 0 Å². The standard InChI is InChI=1S/C12H24N4O/c1-12(2,3)14-6-5-13-11-9-15-16(10-11)7-8-17-4/h9-10,13-14H,5-8H2,1-4H3. The highest BCUT2D eigenvalue weighted by atomic mass is 16.5. The molecule has 17 heavy (non-hydrogen) atoms. The maximum absolute atomic E-state index is 5.00. The van der Waals surface area contributed by atoms with Crippen molar-refractivity contribution in [2.45, 2.75) is 32.9 Å². The third-order valence-electron chi connectivity index (χ3n) is 2.27. The molecule has 0 fully saturated rings. The summed E-state index contributed by atoms with van der Waals surface area (Å²) in [4.78, 5) is 0. The molecule has 2 N–H and O–H groups in total. The van der Waals surface area contributed by atoms with Crippen molar-refractivity contribution in [3.05, 3.63) is 12.4 Å². The highest BCUT2D eigenvalue weighted by molar-refractivity contribution is 5.37. The number of rotatable bonds is 7. The highest BCUT2D eigenvalue weighted by Gasteiger charge is 2.07. The first-order valence-corrected chi connectivity index (χ1v) is 6.01. The summed E-state index contributed by atoms with van der Waals surface area (Å²) in [6.07, 6.45) is 3.84. The van der Waals surface area contributed by atoms with Crippen molar-refractivity contribution in [2.24, 2.45) is 0 Å². The smallest absolute Gasteiger partial charge is 0.0726 e. The topological polar surface area (TPSA) is 51.1 Å². The fourth-order valence-corrected chi connectivity index (χ4v) is 1.41. The van der Waals surface area contributed by atoms with Crippen LogP contribution in [-0.2, 0) is 11.3 Å². The first-order chi connectivity index (χ1) is 8.01. The number of hydrogen-bond acceptors (Lipinski definition) is 4. The minimum atomic E-state index is 0.171. The van der Waals surface area contributed by atoms with Crippen LogP contribution in [0.15, 0.2) is 12.4 Å². The molecule has 0 aliphatic rings. The molecule has 0 aromatic carbocycles. The second-order valence-corrected chi connectivity index (χ2v) is 5.09. The summed E-state index contributed by atoms with van der Waals surface area (Å²) in [7, 11) is 1.70. The third kappa shape index (κ3) is 6.28. The molecule has 0 amide bonds. The first kappa shape index (κ1) is 14.0. The Labute approximate surface area is 104 Å². The molecule has 5 heteroatoms. The van der Waals surface area contributed by atoms with Gasteiger partial charge in [0.1, 0.15) is 0 Å². The van der Waals surface area contributed by atoms with Gasteiger partial charge in [0.2, 0.25) is 0 Å². The Morgan fingerprint density at radius 2 is 2.12 bits per heavy atom. The molecule has 1 aromatic heterocycles. The van der Waals surface area contributed by atoms with Gasteiger partial charge in [0.25, 0.3) is 0 Å². The van der Waals surface area contributed by atoms with Gasteiger partial charge in [0.05, 0.1) is 25.0 Å². The Balaban J connectivity index is 2.21. The molecule has 1 aromatic rings. The van der Waals surface area contributed by atoms with E-state index in [4.69, 9.17) is 4.74 Å². The maximum atomic E-state index is 5.00. The second-order valence-electron chi connectivity index (χ2n) is 5.09. The van der Waals surface area contributed by atoms with Gasteiger partial charge in [0, 0.05) is 31.9 Å². The van der Waals surface area contributed by atoms with E-state index in [-0.39, 0.29) is 5.54 Å². The van der Waals surface area contributed by atoms with E-state index in [0.717, 1.165) is 25.3 Å². The Hall–Kier alpha value is -1.07. The minimum Gasteiger partial charge on any atom is -0.383 e. The van der Waals surface area contributed by atoms with Crippen LogP contribution < -0.4 is 10.6 Å². The molecule has 0 unspecified atom stereocenters. The van der Waals surface area contributed by atoms with Crippen LogP contribution >= 0.6 is 0 Å². The fraction of sp³-hybridized carbons (Fsp3) is 0.750. The summed E-state index contributed by atoms with van der Waals surface area (Å²) in [6.45, 7) is 9.80. The lowest BCUT2D eigenvalue weighted by Crippen LogP contribution is -2.38. The van der Waals surface area contributed by atoms with Crippen molar-refractivity contribution >= 4 is 5.69 Å². The molecule has 0 aliphatic heterocycles. The molecule has 0 spiro atoms. The van der Waals surface area contributed by atoms with Crippen molar-refractivity contribution in [1.82, 2.24) is 15.1 Å². The van der Waals surface area contributed by atoms with Crippen molar-refractivity contribution in [1.29, 1.82) is 0 Å². The van der Waals surface area contributed by atoms with E-state index >= 15 is 0 Å². The molecule has 1 rings (SSSR count). The molecule has 98 valence electrons. The van der Waals surface area contributed by atoms with Crippen LogP contribution in [0.25, 0.3) is 0 Å². The molecule has 0 atom stereocenters. The van der Waals surface area contributed by atoms with Gasteiger partial charge in [-0.05, 0) is 20.8 Å². The Morgan fingerprint density at radius 3 is 2.76 bits per heavy atom. The van der Waals surface area contributed by atoms with Crippen LogP contribution in [0.2, 0.25) is 0 Å². The lowest BCUT2D eigenvalue weighted by atomic mass is 10.1. The average molecular weight is 240 g/mol. The average Bonchev–Trinajstić information content (AvgIpc) is 2.68. The van der Waals surface area contributed by atoms with Crippen LogP contribution in [0.3, 0.4) is 0 Å². The van der Waals surface area contributed by atoms with E-state index < -0.39 is 0 Å². The summed E-state index contributed by atoms with van der Waals surface area (Å²) in [5.74, 6) is 0. The van der Waals surface area contributed by atoms with Crippen LogP contribution in [0.1, 0.15) is 20.8 Å². The molecule has 0 saturated carbocycles. The molecule has 5 nitrogen and oxygen atoms in total. The molecular formula is C12H24N4O. The predicted octanol–water partition coefficient (Wildman–Crippen LogP) is 1.33. The lowest BCUT2D eigenvalue weighted by molar-refractivity contribution is 0.183. The highest BCUT2D eigenvalue weighted by Crippen LogP contribution is 2.04. The Kier molecular flexibility index (Phi) is 5.44. The van der Waals surface area contributed by atoms with E-state index in [9.17, 15) is 0 Å². The van der Waals surface area contributed by atoms with E-state index in [0.29, 0.717) is 6.61 Å². The summed E-state index contributed by atoms with van der Waals surface area (Å²) in [6, 6.07) is 0. The van der Waals surface area contributed by atoms with Gasteiger partial charge in [-0.2, -0.15) is 5.10 Å². The van der Waals surface area contributed by atoms with Gasteiger partial charge in [0.15, 0.2) is 0 Å². The second kappa shape index (κ2) is 6.61. The van der Waals surface area contributed by atoms with Crippen LogP contribution in [-0.4, -0.2) is 42.1 Å². The number of nitrogens with zero attached hydrogens (tertiary/aromatic N) is 2. The molecular weight excluding hydrogens is 216 g/mol. The fourth-order valence-electron chi connectivity index (χ4n) is 1.41. The van der Waals surface area contributed by atoms with Gasteiger partial charge in [-0.3, -0.25) is 4.68 Å². The third-order valence-corrected chi connectivity index (χ3v) is 2.27. The number of aromatic nitrogens is 2. The minimum absolute atomic E-state index is 0.171. The lowest BCUT2D eigenvalue weighted by Gasteiger charge is -2.20.